The Bertz CT molecular complexity index is 139. The summed E-state index contributed by atoms with van der Waals surface area (Å²) >= 11 is 0. The first-order valence-electron chi connectivity index (χ1n) is 4.40. The van der Waals surface area contributed by atoms with E-state index in [2.05, 4.69) is 9.80 Å². The van der Waals surface area contributed by atoms with Crippen LogP contribution in [0.5, 0.6) is 0 Å². The maximum absolute atomic E-state index is 5.39. The van der Waals surface area contributed by atoms with Gasteiger partial charge in [-0.15, -0.1) is 0 Å². The Kier molecular flexibility index (Phi) is 2.32. The van der Waals surface area contributed by atoms with Crippen molar-refractivity contribution in [2.45, 2.75) is 12.5 Å². The molecule has 4 nitrogen and oxygen atoms in total. The number of ether oxygens (including phenoxy) is 2. The van der Waals surface area contributed by atoms with Crippen LogP contribution in [-0.2, 0) is 9.47 Å². The van der Waals surface area contributed by atoms with Gasteiger partial charge in [-0.05, 0) is 0 Å². The van der Waals surface area contributed by atoms with E-state index in [9.17, 15) is 0 Å². The van der Waals surface area contributed by atoms with E-state index in [0.717, 1.165) is 26.2 Å². The summed E-state index contributed by atoms with van der Waals surface area (Å²) in [5, 5.41) is 0. The van der Waals surface area contributed by atoms with E-state index >= 15 is 0 Å². The minimum Gasteiger partial charge on any atom is -0.362 e. The Morgan fingerprint density at radius 1 is 0.833 bits per heavy atom. The van der Waals surface area contributed by atoms with Crippen LogP contribution < -0.4 is 0 Å². The monoisotopic (exact) mass is 172 g/mol. The predicted molar refractivity (Wildman–Crippen MR) is 44.7 cm³/mol. The largest absolute Gasteiger partial charge is 0.362 e. The van der Waals surface area contributed by atoms with Gasteiger partial charge in [-0.1, -0.05) is 0 Å². The molecule has 3 fully saturated rings. The molecule has 2 atom stereocenters. The molecule has 0 amide bonds. The summed E-state index contributed by atoms with van der Waals surface area (Å²) in [6.07, 6.45) is 0.273. The van der Waals surface area contributed by atoms with Crippen molar-refractivity contribution in [1.29, 1.82) is 0 Å². The van der Waals surface area contributed by atoms with Gasteiger partial charge < -0.3 is 9.47 Å². The van der Waals surface area contributed by atoms with Gasteiger partial charge in [0.1, 0.15) is 12.5 Å². The normalized spacial score (nSPS) is 46.5. The maximum Gasteiger partial charge on any atom is 0.150 e. The molecule has 3 saturated heterocycles. The summed E-state index contributed by atoms with van der Waals surface area (Å²) in [4.78, 5) is 4.68. The van der Waals surface area contributed by atoms with Gasteiger partial charge >= 0.3 is 0 Å². The Morgan fingerprint density at radius 3 is 1.42 bits per heavy atom. The summed E-state index contributed by atoms with van der Waals surface area (Å²) in [5.74, 6) is 0. The average molecular weight is 172 g/mol. The lowest BCUT2D eigenvalue weighted by molar-refractivity contribution is -0.230. The molecule has 0 saturated carbocycles. The fourth-order valence-corrected chi connectivity index (χ4v) is 2.14. The van der Waals surface area contributed by atoms with Crippen molar-refractivity contribution in [3.05, 3.63) is 0 Å². The molecule has 0 spiro atoms. The summed E-state index contributed by atoms with van der Waals surface area (Å²) in [5.41, 5.74) is 0. The number of rotatable bonds is 2. The van der Waals surface area contributed by atoms with Crippen LogP contribution in [0.3, 0.4) is 0 Å². The van der Waals surface area contributed by atoms with Gasteiger partial charge in [-0.3, -0.25) is 9.80 Å². The fraction of sp³-hybridized carbons (Fsp3) is 1.00. The minimum absolute atomic E-state index is 0.137. The van der Waals surface area contributed by atoms with Gasteiger partial charge in [0.25, 0.3) is 0 Å². The minimum atomic E-state index is 0.137. The molecule has 4 heteroatoms. The fourth-order valence-electron chi connectivity index (χ4n) is 2.14. The molecule has 70 valence electrons. The lowest BCUT2D eigenvalue weighted by Gasteiger charge is -2.51. The number of hydrogen-bond donors (Lipinski definition) is 0. The van der Waals surface area contributed by atoms with Crippen molar-refractivity contribution in [3.63, 3.8) is 0 Å². The van der Waals surface area contributed by atoms with Crippen LogP contribution in [0.25, 0.3) is 0 Å². The van der Waals surface area contributed by atoms with Gasteiger partial charge in [-0.2, -0.15) is 0 Å². The lowest BCUT2D eigenvalue weighted by Crippen LogP contribution is -2.67. The third-order valence-electron chi connectivity index (χ3n) is 2.80. The van der Waals surface area contributed by atoms with Crippen LogP contribution in [0.2, 0.25) is 0 Å². The van der Waals surface area contributed by atoms with E-state index in [4.69, 9.17) is 9.47 Å². The van der Waals surface area contributed by atoms with E-state index in [1.54, 1.807) is 14.2 Å². The predicted octanol–water partition coefficient (Wildman–Crippen LogP) is -0.437. The molecular weight excluding hydrogens is 156 g/mol. The van der Waals surface area contributed by atoms with Gasteiger partial charge in [0.2, 0.25) is 0 Å². The number of nitrogens with zero attached hydrogens (tertiary/aromatic N) is 2. The molecule has 0 aromatic rings. The summed E-state index contributed by atoms with van der Waals surface area (Å²) in [6, 6.07) is 0. The van der Waals surface area contributed by atoms with E-state index in [0.29, 0.717) is 0 Å². The third-order valence-corrected chi connectivity index (χ3v) is 2.80. The molecule has 12 heavy (non-hydrogen) atoms. The zero-order chi connectivity index (χ0) is 8.55. The van der Waals surface area contributed by atoms with E-state index in [1.807, 2.05) is 0 Å². The second-order valence-electron chi connectivity index (χ2n) is 3.32. The first kappa shape index (κ1) is 8.44. The quantitative estimate of drug-likeness (QED) is 0.564. The van der Waals surface area contributed by atoms with E-state index < -0.39 is 0 Å². The van der Waals surface area contributed by atoms with E-state index in [1.165, 1.54) is 0 Å². The van der Waals surface area contributed by atoms with Crippen LogP contribution in [-0.4, -0.2) is 62.7 Å². The Morgan fingerprint density at radius 2 is 1.17 bits per heavy atom. The molecule has 2 bridgehead atoms. The molecule has 3 rings (SSSR count). The highest BCUT2D eigenvalue weighted by molar-refractivity contribution is 4.87. The summed E-state index contributed by atoms with van der Waals surface area (Å²) < 4.78 is 10.8. The van der Waals surface area contributed by atoms with Crippen LogP contribution in [0.1, 0.15) is 0 Å². The molecule has 0 aromatic heterocycles. The van der Waals surface area contributed by atoms with Crippen molar-refractivity contribution in [2.75, 3.05) is 40.4 Å². The molecule has 0 unspecified atom stereocenters. The molecular formula is C8H16N2O2. The number of hydrogen-bond acceptors (Lipinski definition) is 4. The van der Waals surface area contributed by atoms with Crippen LogP contribution in [0.4, 0.5) is 0 Å². The highest BCUT2D eigenvalue weighted by Gasteiger charge is 2.40. The molecule has 0 aromatic carbocycles. The molecule has 0 radical (unpaired) electrons. The lowest BCUT2D eigenvalue weighted by atomic mass is 10.2. The van der Waals surface area contributed by atoms with Gasteiger partial charge in [0.05, 0.1) is 0 Å². The van der Waals surface area contributed by atoms with E-state index in [-0.39, 0.29) is 12.5 Å². The molecule has 3 heterocycles. The highest BCUT2D eigenvalue weighted by Crippen LogP contribution is 2.22. The molecule has 0 N–H and O–H groups in total. The molecule has 3 aliphatic heterocycles. The molecule has 0 aliphatic carbocycles. The van der Waals surface area contributed by atoms with Gasteiger partial charge in [0, 0.05) is 40.4 Å². The highest BCUT2D eigenvalue weighted by atomic mass is 16.6. The smallest absolute Gasteiger partial charge is 0.150 e. The van der Waals surface area contributed by atoms with Crippen molar-refractivity contribution in [3.8, 4) is 0 Å². The Labute approximate surface area is 73.0 Å². The van der Waals surface area contributed by atoms with Crippen molar-refractivity contribution < 1.29 is 9.47 Å². The first-order chi connectivity index (χ1) is 5.86. The van der Waals surface area contributed by atoms with Crippen molar-refractivity contribution >= 4 is 0 Å². The zero-order valence-corrected chi connectivity index (χ0v) is 7.69. The number of fused-ring (bicyclic) bond motifs is 3. The second kappa shape index (κ2) is 3.30. The van der Waals surface area contributed by atoms with Crippen molar-refractivity contribution in [2.24, 2.45) is 0 Å². The Hall–Kier alpha value is -0.160. The van der Waals surface area contributed by atoms with Crippen LogP contribution >= 0.6 is 0 Å². The van der Waals surface area contributed by atoms with Crippen LogP contribution in [0.15, 0.2) is 0 Å². The summed E-state index contributed by atoms with van der Waals surface area (Å²) in [7, 11) is 3.50. The topological polar surface area (TPSA) is 24.9 Å². The first-order valence-corrected chi connectivity index (χ1v) is 4.40. The number of piperazine rings is 3. The average Bonchev–Trinajstić information content (AvgIpc) is 2.18. The number of methoxy groups -OCH3 is 2. The molecule has 3 aliphatic rings. The van der Waals surface area contributed by atoms with Gasteiger partial charge in [0.15, 0.2) is 0 Å². The zero-order valence-electron chi connectivity index (χ0n) is 7.69. The third kappa shape index (κ3) is 1.15. The van der Waals surface area contributed by atoms with Gasteiger partial charge in [-0.25, -0.2) is 0 Å². The van der Waals surface area contributed by atoms with Crippen LogP contribution in [0, 0.1) is 0 Å². The Balaban J connectivity index is 2.10. The second-order valence-corrected chi connectivity index (χ2v) is 3.32. The summed E-state index contributed by atoms with van der Waals surface area (Å²) in [6.45, 7) is 4.44. The SMILES string of the molecule is CO[C@H]1[C@H](OC)N2CCN1CC2. The standard InChI is InChI=1S/C8H16N2O2/c1-11-7-8(12-2)10-5-3-9(7)4-6-10/h7-8H,3-6H2,1-2H3/t7-,8-/m0/s1. The van der Waals surface area contributed by atoms with Crippen molar-refractivity contribution in [1.82, 2.24) is 9.80 Å². The maximum atomic E-state index is 5.39.